The summed E-state index contributed by atoms with van der Waals surface area (Å²) in [6.45, 7) is 3.90. The third-order valence-corrected chi connectivity index (χ3v) is 3.40. The Kier molecular flexibility index (Phi) is 4.59. The summed E-state index contributed by atoms with van der Waals surface area (Å²) >= 11 is 0. The van der Waals surface area contributed by atoms with Crippen LogP contribution in [0.2, 0.25) is 0 Å². The second-order valence-corrected chi connectivity index (χ2v) is 4.72. The predicted octanol–water partition coefficient (Wildman–Crippen LogP) is 1.33. The first-order chi connectivity index (χ1) is 10.1. The highest BCUT2D eigenvalue weighted by Gasteiger charge is 2.34. The summed E-state index contributed by atoms with van der Waals surface area (Å²) in [6.07, 6.45) is 0. The molecule has 1 atom stereocenters. The van der Waals surface area contributed by atoms with Gasteiger partial charge < -0.3 is 9.64 Å². The van der Waals surface area contributed by atoms with Crippen LogP contribution >= 0.6 is 0 Å². The Morgan fingerprint density at radius 3 is 2.67 bits per heavy atom. The average molecular weight is 288 g/mol. The Labute approximate surface area is 124 Å². The van der Waals surface area contributed by atoms with E-state index >= 15 is 0 Å². The number of esters is 1. The van der Waals surface area contributed by atoms with E-state index in [2.05, 4.69) is 10.4 Å². The van der Waals surface area contributed by atoms with Crippen molar-refractivity contribution in [1.29, 1.82) is 0 Å². The summed E-state index contributed by atoms with van der Waals surface area (Å²) in [7, 11) is 1.84. The van der Waals surface area contributed by atoms with Crippen molar-refractivity contribution >= 4 is 11.9 Å². The van der Waals surface area contributed by atoms with Crippen LogP contribution in [-0.2, 0) is 9.53 Å². The Hall–Kier alpha value is -2.34. The van der Waals surface area contributed by atoms with E-state index in [9.17, 15) is 4.79 Å². The lowest BCUT2D eigenvalue weighted by molar-refractivity contribution is -0.139. The number of hydrazine groups is 1. The Bertz CT molecular complexity index is 581. The molecule has 6 nitrogen and oxygen atoms in total. The third kappa shape index (κ3) is 2.90. The first-order valence-electron chi connectivity index (χ1n) is 6.81. The van der Waals surface area contributed by atoms with Crippen LogP contribution in [0.25, 0.3) is 0 Å². The molecule has 1 aliphatic rings. The standard InChI is InChI=1S/C15H20N4O2/c1-4-21-14(20)12-10(2)17-15(18-16)19(3)13(12)11-8-6-5-7-9-11/h5-9,13H,4,16H2,1-3H3,(H,17,18). The largest absolute Gasteiger partial charge is 0.463 e. The molecular formula is C15H20N4O2. The fourth-order valence-electron chi connectivity index (χ4n) is 2.44. The van der Waals surface area contributed by atoms with Gasteiger partial charge in [0.1, 0.15) is 0 Å². The molecule has 112 valence electrons. The number of benzene rings is 1. The first-order valence-corrected chi connectivity index (χ1v) is 6.81. The van der Waals surface area contributed by atoms with Crippen molar-refractivity contribution in [3.63, 3.8) is 0 Å². The number of allylic oxidation sites excluding steroid dienone is 1. The second-order valence-electron chi connectivity index (χ2n) is 4.72. The van der Waals surface area contributed by atoms with Gasteiger partial charge in [-0.2, -0.15) is 0 Å². The molecule has 2 rings (SSSR count). The Morgan fingerprint density at radius 1 is 1.43 bits per heavy atom. The molecule has 0 spiro atoms. The van der Waals surface area contributed by atoms with Crippen LogP contribution in [0.5, 0.6) is 0 Å². The van der Waals surface area contributed by atoms with Crippen molar-refractivity contribution in [2.45, 2.75) is 19.9 Å². The minimum atomic E-state index is -0.351. The molecule has 0 aromatic heterocycles. The van der Waals surface area contributed by atoms with Crippen molar-refractivity contribution in [2.75, 3.05) is 13.7 Å². The van der Waals surface area contributed by atoms with Crippen LogP contribution in [0.3, 0.4) is 0 Å². The Balaban J connectivity index is 2.53. The fourth-order valence-corrected chi connectivity index (χ4v) is 2.44. The number of hydrogen-bond acceptors (Lipinski definition) is 6. The predicted molar refractivity (Wildman–Crippen MR) is 81.0 cm³/mol. The molecular weight excluding hydrogens is 268 g/mol. The smallest absolute Gasteiger partial charge is 0.338 e. The van der Waals surface area contributed by atoms with Crippen molar-refractivity contribution in [1.82, 2.24) is 10.3 Å². The number of likely N-dealkylation sites (N-methyl/N-ethyl adjacent to an activating group) is 1. The molecule has 1 aromatic carbocycles. The summed E-state index contributed by atoms with van der Waals surface area (Å²) < 4.78 is 5.18. The van der Waals surface area contributed by atoms with Gasteiger partial charge in [-0.15, -0.1) is 0 Å². The molecule has 0 fully saturated rings. The zero-order chi connectivity index (χ0) is 15.4. The number of carbonyl (C=O) groups is 1. The lowest BCUT2D eigenvalue weighted by Crippen LogP contribution is -2.47. The summed E-state index contributed by atoms with van der Waals surface area (Å²) in [5.41, 5.74) is 4.68. The monoisotopic (exact) mass is 288 g/mol. The molecule has 6 heteroatoms. The number of aliphatic imine (C=N–C) groups is 1. The number of carbonyl (C=O) groups excluding carboxylic acids is 1. The van der Waals surface area contributed by atoms with Gasteiger partial charge in [-0.05, 0) is 19.4 Å². The molecule has 1 aliphatic heterocycles. The van der Waals surface area contributed by atoms with Crippen LogP contribution in [0.4, 0.5) is 0 Å². The third-order valence-electron chi connectivity index (χ3n) is 3.40. The molecule has 1 heterocycles. The number of guanidine groups is 1. The lowest BCUT2D eigenvalue weighted by atomic mass is 9.95. The van der Waals surface area contributed by atoms with Crippen molar-refractivity contribution in [3.05, 3.63) is 47.2 Å². The molecule has 21 heavy (non-hydrogen) atoms. The fraction of sp³-hybridized carbons (Fsp3) is 0.333. The van der Waals surface area contributed by atoms with E-state index < -0.39 is 0 Å². The summed E-state index contributed by atoms with van der Waals surface area (Å²) in [6, 6.07) is 9.45. The molecule has 0 aliphatic carbocycles. The number of ether oxygens (including phenoxy) is 1. The number of nitrogens with zero attached hydrogens (tertiary/aromatic N) is 2. The second kappa shape index (κ2) is 6.41. The van der Waals surface area contributed by atoms with E-state index in [0.29, 0.717) is 23.8 Å². The van der Waals surface area contributed by atoms with E-state index in [1.807, 2.05) is 42.3 Å². The molecule has 3 N–H and O–H groups in total. The Morgan fingerprint density at radius 2 is 2.10 bits per heavy atom. The maximum Gasteiger partial charge on any atom is 0.338 e. The summed E-state index contributed by atoms with van der Waals surface area (Å²) in [5.74, 6) is 5.67. The normalized spacial score (nSPS) is 18.4. The molecule has 1 aromatic rings. The molecule has 1 unspecified atom stereocenters. The topological polar surface area (TPSA) is 79.9 Å². The van der Waals surface area contributed by atoms with Gasteiger partial charge in [0, 0.05) is 7.05 Å². The van der Waals surface area contributed by atoms with Gasteiger partial charge in [0.2, 0.25) is 5.96 Å². The zero-order valence-electron chi connectivity index (χ0n) is 12.5. The molecule has 0 saturated heterocycles. The van der Waals surface area contributed by atoms with Gasteiger partial charge in [0.15, 0.2) is 0 Å². The summed E-state index contributed by atoms with van der Waals surface area (Å²) in [5, 5.41) is 0. The van der Waals surface area contributed by atoms with E-state index in [-0.39, 0.29) is 12.0 Å². The maximum absolute atomic E-state index is 12.3. The minimum absolute atomic E-state index is 0.284. The van der Waals surface area contributed by atoms with Gasteiger partial charge >= 0.3 is 5.97 Å². The van der Waals surface area contributed by atoms with Gasteiger partial charge in [0.05, 0.1) is 23.9 Å². The van der Waals surface area contributed by atoms with Crippen LogP contribution in [-0.4, -0.2) is 30.5 Å². The van der Waals surface area contributed by atoms with Crippen molar-refractivity contribution in [3.8, 4) is 0 Å². The highest BCUT2D eigenvalue weighted by molar-refractivity contribution is 5.95. The number of nitrogens with one attached hydrogen (secondary N) is 1. The van der Waals surface area contributed by atoms with Crippen LogP contribution < -0.4 is 11.3 Å². The van der Waals surface area contributed by atoms with Crippen molar-refractivity contribution in [2.24, 2.45) is 10.8 Å². The van der Waals surface area contributed by atoms with Gasteiger partial charge in [0.25, 0.3) is 0 Å². The molecule has 0 bridgehead atoms. The average Bonchev–Trinajstić information content (AvgIpc) is 2.49. The zero-order valence-corrected chi connectivity index (χ0v) is 12.5. The number of hydrogen-bond donors (Lipinski definition) is 2. The minimum Gasteiger partial charge on any atom is -0.463 e. The SMILES string of the molecule is CCOC(=O)C1=C(C)N=C(NN)N(C)C1c1ccccc1. The number of rotatable bonds is 3. The van der Waals surface area contributed by atoms with Gasteiger partial charge in [-0.25, -0.2) is 15.6 Å². The lowest BCUT2D eigenvalue weighted by Gasteiger charge is -2.35. The van der Waals surface area contributed by atoms with E-state index in [1.165, 1.54) is 0 Å². The highest BCUT2D eigenvalue weighted by atomic mass is 16.5. The molecule has 0 amide bonds. The van der Waals surface area contributed by atoms with E-state index in [1.54, 1.807) is 13.8 Å². The molecule has 0 saturated carbocycles. The van der Waals surface area contributed by atoms with Crippen LogP contribution in [0.15, 0.2) is 46.6 Å². The van der Waals surface area contributed by atoms with Gasteiger partial charge in [-0.1, -0.05) is 30.3 Å². The van der Waals surface area contributed by atoms with Gasteiger partial charge in [-0.3, -0.25) is 5.43 Å². The quantitative estimate of drug-likeness (QED) is 0.498. The molecule has 0 radical (unpaired) electrons. The van der Waals surface area contributed by atoms with Crippen molar-refractivity contribution < 1.29 is 9.53 Å². The van der Waals surface area contributed by atoms with Crippen LogP contribution in [0.1, 0.15) is 25.5 Å². The first kappa shape index (κ1) is 15.1. The summed E-state index contributed by atoms with van der Waals surface area (Å²) in [4.78, 5) is 18.5. The highest BCUT2D eigenvalue weighted by Crippen LogP contribution is 2.33. The van der Waals surface area contributed by atoms with E-state index in [4.69, 9.17) is 10.6 Å². The van der Waals surface area contributed by atoms with E-state index in [0.717, 1.165) is 5.56 Å². The number of nitrogens with two attached hydrogens (primary N) is 1. The maximum atomic E-state index is 12.3. The van der Waals surface area contributed by atoms with Crippen LogP contribution in [0, 0.1) is 0 Å².